The molecule has 0 saturated carbocycles. The Morgan fingerprint density at radius 1 is 0.584 bits per heavy atom. The van der Waals surface area contributed by atoms with Gasteiger partial charge in [-0.2, -0.15) is 0 Å². The van der Waals surface area contributed by atoms with Gasteiger partial charge in [-0.05, 0) is 57.3 Å². The molecular weight excluding hydrogens is 1000 g/mol. The highest BCUT2D eigenvalue weighted by atomic mass is 35.5. The number of hydrogen-bond acceptors (Lipinski definition) is 13. The molecule has 402 valence electrons. The summed E-state index contributed by atoms with van der Waals surface area (Å²) in [5, 5.41) is 5.49. The van der Waals surface area contributed by atoms with Crippen molar-refractivity contribution in [2.45, 2.75) is 88.0 Å². The molecule has 6 aromatic carbocycles. The van der Waals surface area contributed by atoms with Gasteiger partial charge >= 0.3 is 24.1 Å². The summed E-state index contributed by atoms with van der Waals surface area (Å²) in [7, 11) is 0. The maximum Gasteiger partial charge on any atom is 0.407 e. The van der Waals surface area contributed by atoms with Gasteiger partial charge in [0.15, 0.2) is 12.4 Å². The molecule has 7 atom stereocenters. The highest BCUT2D eigenvalue weighted by Crippen LogP contribution is 2.44. The molecule has 0 bridgehead atoms. The Kier molecular flexibility index (Phi) is 21.2. The molecule has 1 saturated heterocycles. The van der Waals surface area contributed by atoms with E-state index in [1.165, 1.54) is 6.08 Å². The van der Waals surface area contributed by atoms with Crippen LogP contribution in [-0.4, -0.2) is 99.2 Å². The first-order valence-electron chi connectivity index (χ1n) is 25.6. The van der Waals surface area contributed by atoms with Crippen LogP contribution in [0.3, 0.4) is 0 Å². The second-order valence-electron chi connectivity index (χ2n) is 18.4. The largest absolute Gasteiger partial charge is 0.460 e. The van der Waals surface area contributed by atoms with Crippen LogP contribution in [-0.2, 0) is 78.6 Å². The summed E-state index contributed by atoms with van der Waals surface area (Å²) < 4.78 is 56.4. The number of benzene rings is 6. The van der Waals surface area contributed by atoms with E-state index in [4.69, 9.17) is 54.2 Å². The topological polar surface area (TPSA) is 175 Å². The number of nitrogens with one attached hydrogen (secondary N) is 2. The van der Waals surface area contributed by atoms with Crippen LogP contribution in [0.25, 0.3) is 11.1 Å². The summed E-state index contributed by atoms with van der Waals surface area (Å²) in [6.07, 6.45) is -6.96. The van der Waals surface area contributed by atoms with E-state index in [0.717, 1.165) is 44.5 Å². The molecule has 8 rings (SSSR count). The van der Waals surface area contributed by atoms with Crippen LogP contribution < -0.4 is 10.6 Å². The molecule has 1 aliphatic carbocycles. The average molecular weight is 1070 g/mol. The lowest BCUT2D eigenvalue weighted by Gasteiger charge is -2.46. The van der Waals surface area contributed by atoms with Crippen molar-refractivity contribution in [2.24, 2.45) is 0 Å². The van der Waals surface area contributed by atoms with Gasteiger partial charge in [0.2, 0.25) is 0 Å². The Bertz CT molecular complexity index is 2760. The van der Waals surface area contributed by atoms with Crippen molar-refractivity contribution in [3.05, 3.63) is 216 Å². The number of fused-ring (bicyclic) bond motifs is 3. The molecule has 15 nitrogen and oxygen atoms in total. The molecule has 1 fully saturated rings. The second-order valence-corrected chi connectivity index (χ2v) is 18.6. The highest BCUT2D eigenvalue weighted by molar-refractivity contribution is 6.26. The Morgan fingerprint density at radius 3 is 1.69 bits per heavy atom. The monoisotopic (exact) mass is 1070 g/mol. The summed E-state index contributed by atoms with van der Waals surface area (Å²) in [6.45, 7) is 3.73. The van der Waals surface area contributed by atoms with E-state index in [9.17, 15) is 19.2 Å². The van der Waals surface area contributed by atoms with E-state index in [2.05, 4.69) is 17.2 Å². The van der Waals surface area contributed by atoms with Gasteiger partial charge in [-0.15, -0.1) is 11.6 Å². The van der Waals surface area contributed by atoms with E-state index < -0.39 is 72.9 Å². The van der Waals surface area contributed by atoms with Crippen molar-refractivity contribution in [3.8, 4) is 11.1 Å². The first-order chi connectivity index (χ1) is 37.8. The van der Waals surface area contributed by atoms with Gasteiger partial charge in [-0.25, -0.2) is 14.4 Å². The standard InChI is InChI=1S/C61H63ClN2O13/c1-2-33-70-58(66)52(64-61(68)74-40-51-49-29-17-15-27-47(49)48-28-16-18-30-50(48)51)32-31-46(35-63-60(67)73-39-45-25-13-6-14-26-45)75-59-57(77-54(65)34-62)56(72-38-44-23-11-5-12-24-44)55(71-37-43-21-9-4-10-22-43)53(76-59)41-69-36-42-19-7-3-8-20-42/h2-30,46,51-53,55-57,59H,1,31-41H2,(H,63,67)(H,64,68)/t46-,52+,53-,55+,56+,57-,59-/m1/s1. The van der Waals surface area contributed by atoms with Crippen molar-refractivity contribution in [3.63, 3.8) is 0 Å². The minimum Gasteiger partial charge on any atom is -0.460 e. The number of alkyl halides is 1. The van der Waals surface area contributed by atoms with E-state index in [0.29, 0.717) is 0 Å². The van der Waals surface area contributed by atoms with Crippen LogP contribution >= 0.6 is 11.6 Å². The molecule has 77 heavy (non-hydrogen) atoms. The lowest BCUT2D eigenvalue weighted by Crippen LogP contribution is -2.63. The second kappa shape index (κ2) is 29.2. The average Bonchev–Trinajstić information content (AvgIpc) is 3.82. The third-order valence-electron chi connectivity index (χ3n) is 13.0. The number of halogens is 1. The first-order valence-corrected chi connectivity index (χ1v) is 26.1. The van der Waals surface area contributed by atoms with Gasteiger partial charge in [0.1, 0.15) is 50.1 Å². The zero-order chi connectivity index (χ0) is 53.6. The van der Waals surface area contributed by atoms with Gasteiger partial charge < -0.3 is 53.3 Å². The molecule has 6 aromatic rings. The molecule has 0 aromatic heterocycles. The maximum absolute atomic E-state index is 13.8. The molecule has 2 amide bonds. The van der Waals surface area contributed by atoms with Crippen LogP contribution in [0.1, 0.15) is 52.1 Å². The number of alkyl carbamates (subject to hydrolysis) is 2. The number of rotatable bonds is 27. The number of esters is 2. The molecule has 2 aliphatic rings. The number of ether oxygens (including phenoxy) is 9. The maximum atomic E-state index is 13.8. The lowest BCUT2D eigenvalue weighted by atomic mass is 9.97. The van der Waals surface area contributed by atoms with Gasteiger partial charge in [0.25, 0.3) is 0 Å². The zero-order valence-electron chi connectivity index (χ0n) is 42.5. The lowest BCUT2D eigenvalue weighted by molar-refractivity contribution is -0.328. The Labute approximate surface area is 453 Å². The van der Waals surface area contributed by atoms with Gasteiger partial charge in [0.05, 0.1) is 32.5 Å². The Morgan fingerprint density at radius 2 is 1.12 bits per heavy atom. The van der Waals surface area contributed by atoms with Crippen LogP contribution in [0, 0.1) is 0 Å². The van der Waals surface area contributed by atoms with Gasteiger partial charge in [-0.3, -0.25) is 4.79 Å². The smallest absolute Gasteiger partial charge is 0.407 e. The SMILES string of the molecule is C=CCOC(=O)[C@H](CC[C@H](CNC(=O)OCc1ccccc1)O[C@@H]1O[C@H](COCc2ccccc2)[C@H](OCc2ccccc2)[C@H](OCc2ccccc2)[C@H]1OC(=O)CCl)NC(=O)OCC1c2ccccc2-c2ccccc21. The fourth-order valence-corrected chi connectivity index (χ4v) is 9.29. The summed E-state index contributed by atoms with van der Waals surface area (Å²) in [5.41, 5.74) is 7.53. The Balaban J connectivity index is 1.07. The number of carbonyl (C=O) groups excluding carboxylic acids is 4. The van der Waals surface area contributed by atoms with Crippen LogP contribution in [0.2, 0.25) is 0 Å². The molecule has 0 radical (unpaired) electrons. The van der Waals surface area contributed by atoms with E-state index in [1.54, 1.807) is 0 Å². The fraction of sp³-hybridized carbons (Fsp3) is 0.311. The van der Waals surface area contributed by atoms with Crippen molar-refractivity contribution < 1.29 is 61.8 Å². The molecule has 2 N–H and O–H groups in total. The predicted octanol–water partition coefficient (Wildman–Crippen LogP) is 9.98. The predicted molar refractivity (Wildman–Crippen MR) is 287 cm³/mol. The number of hydrogen-bond donors (Lipinski definition) is 2. The minimum absolute atomic E-state index is 0.00371. The molecule has 16 heteroatoms. The summed E-state index contributed by atoms with van der Waals surface area (Å²) in [5.74, 6) is -2.31. The van der Waals surface area contributed by atoms with Crippen molar-refractivity contribution in [2.75, 3.05) is 32.2 Å². The van der Waals surface area contributed by atoms with Crippen LogP contribution in [0.5, 0.6) is 0 Å². The number of amides is 2. The molecule has 1 heterocycles. The quantitative estimate of drug-likeness (QED) is 0.0216. The van der Waals surface area contributed by atoms with Gasteiger partial charge in [-0.1, -0.05) is 183 Å². The zero-order valence-corrected chi connectivity index (χ0v) is 43.3. The van der Waals surface area contributed by atoms with Crippen molar-refractivity contribution in [1.82, 2.24) is 10.6 Å². The normalized spacial score (nSPS) is 18.4. The minimum atomic E-state index is -1.42. The van der Waals surface area contributed by atoms with Crippen molar-refractivity contribution in [1.29, 1.82) is 0 Å². The molecule has 0 unspecified atom stereocenters. The van der Waals surface area contributed by atoms with Crippen LogP contribution in [0.15, 0.2) is 183 Å². The summed E-state index contributed by atoms with van der Waals surface area (Å²) in [4.78, 5) is 54.3. The molecule has 0 spiro atoms. The fourth-order valence-electron chi connectivity index (χ4n) is 9.23. The summed E-state index contributed by atoms with van der Waals surface area (Å²) in [6, 6.07) is 52.4. The van der Waals surface area contributed by atoms with Crippen molar-refractivity contribution >= 4 is 35.7 Å². The first kappa shape index (κ1) is 55.9. The van der Waals surface area contributed by atoms with Crippen LogP contribution in [0.4, 0.5) is 9.59 Å². The summed E-state index contributed by atoms with van der Waals surface area (Å²) >= 11 is 6.13. The molecule has 1 aliphatic heterocycles. The third kappa shape index (κ3) is 16.3. The highest BCUT2D eigenvalue weighted by Gasteiger charge is 2.51. The third-order valence-corrected chi connectivity index (χ3v) is 13.2. The molecular formula is C61H63ClN2O13. The number of carbonyl (C=O) groups is 4. The van der Waals surface area contributed by atoms with Gasteiger partial charge in [0, 0.05) is 12.5 Å². The van der Waals surface area contributed by atoms with E-state index in [-0.39, 0.29) is 71.6 Å². The van der Waals surface area contributed by atoms with E-state index in [1.807, 2.05) is 170 Å². The Hall–Kier alpha value is -7.37. The van der Waals surface area contributed by atoms with E-state index >= 15 is 0 Å².